The van der Waals surface area contributed by atoms with Crippen molar-refractivity contribution in [2.75, 3.05) is 27.4 Å². The van der Waals surface area contributed by atoms with Crippen molar-refractivity contribution in [1.29, 1.82) is 0 Å². The van der Waals surface area contributed by atoms with Crippen molar-refractivity contribution >= 4 is 0 Å². The molecule has 0 heterocycles. The summed E-state index contributed by atoms with van der Waals surface area (Å²) < 4.78 is 9.95. The fourth-order valence-corrected chi connectivity index (χ4v) is 1.40. The van der Waals surface area contributed by atoms with Crippen molar-refractivity contribution < 1.29 is 14.6 Å². The van der Waals surface area contributed by atoms with Crippen LogP contribution in [0.2, 0.25) is 0 Å². The molecule has 3 atom stereocenters. The molecule has 0 aliphatic rings. The molecule has 0 radical (unpaired) electrons. The highest BCUT2D eigenvalue weighted by atomic mass is 16.5. The van der Waals surface area contributed by atoms with Gasteiger partial charge in [0.25, 0.3) is 0 Å². The monoisotopic (exact) mass is 190 g/mol. The second-order valence-electron chi connectivity index (χ2n) is 3.68. The Morgan fingerprint density at radius 1 is 1.08 bits per heavy atom. The van der Waals surface area contributed by atoms with E-state index in [0.717, 1.165) is 6.42 Å². The fraction of sp³-hybridized carbons (Fsp3) is 1.00. The molecule has 0 aliphatic carbocycles. The zero-order valence-electron chi connectivity index (χ0n) is 9.12. The van der Waals surface area contributed by atoms with Crippen molar-refractivity contribution in [3.8, 4) is 0 Å². The molecule has 0 aromatic heterocycles. The number of hydrogen-bond donors (Lipinski definition) is 1. The quantitative estimate of drug-likeness (QED) is 0.657. The molecule has 3 unspecified atom stereocenters. The van der Waals surface area contributed by atoms with Gasteiger partial charge in [0.1, 0.15) is 0 Å². The first-order valence-electron chi connectivity index (χ1n) is 4.79. The van der Waals surface area contributed by atoms with Crippen LogP contribution in [0.4, 0.5) is 0 Å². The Bertz CT molecular complexity index is 117. The summed E-state index contributed by atoms with van der Waals surface area (Å²) in [5, 5.41) is 9.81. The molecule has 0 aliphatic heterocycles. The molecule has 3 heteroatoms. The van der Waals surface area contributed by atoms with Crippen LogP contribution in [-0.4, -0.2) is 38.6 Å². The standard InChI is InChI=1S/C10H22O3/c1-8(5-6-12-3)10(11)9(2)7-13-4/h8-11H,5-7H2,1-4H3. The second kappa shape index (κ2) is 7.30. The maximum Gasteiger partial charge on any atom is 0.0614 e. The van der Waals surface area contributed by atoms with Gasteiger partial charge in [-0.25, -0.2) is 0 Å². The zero-order valence-corrected chi connectivity index (χ0v) is 9.12. The van der Waals surface area contributed by atoms with E-state index in [1.165, 1.54) is 0 Å². The summed E-state index contributed by atoms with van der Waals surface area (Å²) >= 11 is 0. The van der Waals surface area contributed by atoms with Gasteiger partial charge in [-0.15, -0.1) is 0 Å². The van der Waals surface area contributed by atoms with Crippen molar-refractivity contribution in [3.63, 3.8) is 0 Å². The van der Waals surface area contributed by atoms with E-state index < -0.39 is 0 Å². The van der Waals surface area contributed by atoms with Gasteiger partial charge in [0.2, 0.25) is 0 Å². The van der Waals surface area contributed by atoms with Crippen LogP contribution in [0.15, 0.2) is 0 Å². The van der Waals surface area contributed by atoms with Crippen LogP contribution in [-0.2, 0) is 9.47 Å². The minimum atomic E-state index is -0.296. The van der Waals surface area contributed by atoms with Crippen molar-refractivity contribution in [3.05, 3.63) is 0 Å². The zero-order chi connectivity index (χ0) is 10.3. The minimum absolute atomic E-state index is 0.192. The summed E-state index contributed by atoms with van der Waals surface area (Å²) in [4.78, 5) is 0. The van der Waals surface area contributed by atoms with E-state index in [-0.39, 0.29) is 17.9 Å². The molecular weight excluding hydrogens is 168 g/mol. The van der Waals surface area contributed by atoms with Crippen molar-refractivity contribution in [1.82, 2.24) is 0 Å². The lowest BCUT2D eigenvalue weighted by Crippen LogP contribution is -2.29. The number of ether oxygens (including phenoxy) is 2. The SMILES string of the molecule is COCCC(C)C(O)C(C)COC. The van der Waals surface area contributed by atoms with E-state index in [1.54, 1.807) is 14.2 Å². The topological polar surface area (TPSA) is 38.7 Å². The molecule has 80 valence electrons. The van der Waals surface area contributed by atoms with Crippen LogP contribution in [0.25, 0.3) is 0 Å². The third-order valence-electron chi connectivity index (χ3n) is 2.37. The molecule has 13 heavy (non-hydrogen) atoms. The van der Waals surface area contributed by atoms with E-state index in [0.29, 0.717) is 13.2 Å². The van der Waals surface area contributed by atoms with Gasteiger partial charge in [-0.1, -0.05) is 13.8 Å². The lowest BCUT2D eigenvalue weighted by molar-refractivity contribution is 0.0140. The van der Waals surface area contributed by atoms with E-state index in [1.807, 2.05) is 13.8 Å². The minimum Gasteiger partial charge on any atom is -0.392 e. The number of methoxy groups -OCH3 is 2. The summed E-state index contributed by atoms with van der Waals surface area (Å²) in [5.41, 5.74) is 0. The highest BCUT2D eigenvalue weighted by Crippen LogP contribution is 2.16. The molecule has 0 rings (SSSR count). The van der Waals surface area contributed by atoms with E-state index in [9.17, 15) is 5.11 Å². The van der Waals surface area contributed by atoms with Crippen LogP contribution >= 0.6 is 0 Å². The molecule has 0 bridgehead atoms. The van der Waals surface area contributed by atoms with Gasteiger partial charge in [-0.2, -0.15) is 0 Å². The third kappa shape index (κ3) is 5.24. The Morgan fingerprint density at radius 3 is 2.15 bits per heavy atom. The average Bonchev–Trinajstić information content (AvgIpc) is 2.13. The number of aliphatic hydroxyl groups excluding tert-OH is 1. The molecule has 1 N–H and O–H groups in total. The smallest absolute Gasteiger partial charge is 0.0614 e. The molecular formula is C10H22O3. The second-order valence-corrected chi connectivity index (χ2v) is 3.68. The predicted octanol–water partition coefficient (Wildman–Crippen LogP) is 1.30. The summed E-state index contributed by atoms with van der Waals surface area (Å²) in [6, 6.07) is 0. The van der Waals surface area contributed by atoms with Crippen molar-refractivity contribution in [2.45, 2.75) is 26.4 Å². The molecule has 0 saturated carbocycles. The highest BCUT2D eigenvalue weighted by molar-refractivity contribution is 4.70. The first-order chi connectivity index (χ1) is 6.13. The Kier molecular flexibility index (Phi) is 7.23. The van der Waals surface area contributed by atoms with Gasteiger partial charge in [0.05, 0.1) is 12.7 Å². The Labute approximate surface area is 81.0 Å². The molecule has 0 amide bonds. The van der Waals surface area contributed by atoms with Crippen LogP contribution in [0.1, 0.15) is 20.3 Å². The van der Waals surface area contributed by atoms with Gasteiger partial charge in [-0.05, 0) is 12.3 Å². The maximum absolute atomic E-state index is 9.81. The summed E-state index contributed by atoms with van der Waals surface area (Å²) in [6.45, 7) is 5.35. The maximum atomic E-state index is 9.81. The number of aliphatic hydroxyl groups is 1. The molecule has 3 nitrogen and oxygen atoms in total. The van der Waals surface area contributed by atoms with E-state index in [4.69, 9.17) is 9.47 Å². The van der Waals surface area contributed by atoms with Gasteiger partial charge in [0.15, 0.2) is 0 Å². The normalized spacial score (nSPS) is 18.2. The summed E-state index contributed by atoms with van der Waals surface area (Å²) in [6.07, 6.45) is 0.598. The van der Waals surface area contributed by atoms with E-state index >= 15 is 0 Å². The lowest BCUT2D eigenvalue weighted by Gasteiger charge is -2.24. The summed E-state index contributed by atoms with van der Waals surface area (Å²) in [7, 11) is 3.33. The molecule has 0 aromatic rings. The molecule has 0 spiro atoms. The number of hydrogen-bond acceptors (Lipinski definition) is 3. The fourth-order valence-electron chi connectivity index (χ4n) is 1.40. The Balaban J connectivity index is 3.71. The number of rotatable bonds is 7. The Hall–Kier alpha value is -0.120. The molecule has 0 fully saturated rings. The Morgan fingerprint density at radius 2 is 1.69 bits per heavy atom. The van der Waals surface area contributed by atoms with Crippen LogP contribution < -0.4 is 0 Å². The van der Waals surface area contributed by atoms with Crippen molar-refractivity contribution in [2.24, 2.45) is 11.8 Å². The van der Waals surface area contributed by atoms with Gasteiger partial charge in [0, 0.05) is 26.7 Å². The van der Waals surface area contributed by atoms with E-state index in [2.05, 4.69) is 0 Å². The largest absolute Gasteiger partial charge is 0.392 e. The van der Waals surface area contributed by atoms with Gasteiger partial charge < -0.3 is 14.6 Å². The van der Waals surface area contributed by atoms with Crippen LogP contribution in [0.5, 0.6) is 0 Å². The lowest BCUT2D eigenvalue weighted by atomic mass is 9.92. The summed E-state index contributed by atoms with van der Waals surface area (Å²) in [5.74, 6) is 0.460. The molecule has 0 aromatic carbocycles. The molecule has 0 saturated heterocycles. The third-order valence-corrected chi connectivity index (χ3v) is 2.37. The average molecular weight is 190 g/mol. The first-order valence-corrected chi connectivity index (χ1v) is 4.79. The van der Waals surface area contributed by atoms with Crippen LogP contribution in [0.3, 0.4) is 0 Å². The first kappa shape index (κ1) is 12.9. The van der Waals surface area contributed by atoms with Gasteiger partial charge in [-0.3, -0.25) is 0 Å². The van der Waals surface area contributed by atoms with Crippen LogP contribution in [0, 0.1) is 11.8 Å². The van der Waals surface area contributed by atoms with Gasteiger partial charge >= 0.3 is 0 Å². The predicted molar refractivity (Wildman–Crippen MR) is 52.7 cm³/mol. The highest BCUT2D eigenvalue weighted by Gasteiger charge is 2.20.